The van der Waals surface area contributed by atoms with Crippen LogP contribution in [0, 0.1) is 5.92 Å². The summed E-state index contributed by atoms with van der Waals surface area (Å²) in [6, 6.07) is 0. The number of quaternary nitrogens is 1. The number of hydrogen-bond acceptors (Lipinski definition) is 1. The van der Waals surface area contributed by atoms with Crippen molar-refractivity contribution in [2.45, 2.75) is 12.8 Å². The van der Waals surface area contributed by atoms with Gasteiger partial charge in [0.25, 0.3) is 0 Å². The molecular weight excluding hydrogens is 229 g/mol. The maximum Gasteiger partial charge on any atom is 0.195 e. The van der Waals surface area contributed by atoms with Crippen LogP contribution in [0.15, 0.2) is 0 Å². The molecule has 0 amide bonds. The lowest BCUT2D eigenvalue weighted by atomic mass is 10.0. The summed E-state index contributed by atoms with van der Waals surface area (Å²) in [6.45, 7) is 2.28. The van der Waals surface area contributed by atoms with Crippen molar-refractivity contribution in [2.75, 3.05) is 13.1 Å². The Morgan fingerprint density at radius 3 is 2.33 bits per heavy atom. The van der Waals surface area contributed by atoms with Gasteiger partial charge in [-0.15, -0.1) is 0 Å². The molecule has 1 heterocycles. The molecule has 52 valence electrons. The van der Waals surface area contributed by atoms with Crippen LogP contribution < -0.4 is 5.32 Å². The van der Waals surface area contributed by atoms with Gasteiger partial charge in [-0.2, -0.15) is 0 Å². The number of nitrogens with two attached hydrogens (primary N) is 1. The van der Waals surface area contributed by atoms with E-state index in [2.05, 4.69) is 5.32 Å². The van der Waals surface area contributed by atoms with Gasteiger partial charge in [0.05, 0.1) is 13.1 Å². The molecule has 1 fully saturated rings. The number of halogens is 1. The van der Waals surface area contributed by atoms with Gasteiger partial charge in [-0.3, -0.25) is 4.79 Å². The van der Waals surface area contributed by atoms with Gasteiger partial charge >= 0.3 is 0 Å². The molecule has 2 N–H and O–H groups in total. The number of rotatable bonds is 1. The van der Waals surface area contributed by atoms with E-state index in [1.807, 2.05) is 22.6 Å². The summed E-state index contributed by atoms with van der Waals surface area (Å²) in [5.41, 5.74) is 0. The summed E-state index contributed by atoms with van der Waals surface area (Å²) in [5.74, 6) is 0.371. The third-order valence-electron chi connectivity index (χ3n) is 1.76. The fourth-order valence-electron chi connectivity index (χ4n) is 1.15. The Morgan fingerprint density at radius 1 is 1.44 bits per heavy atom. The Hall–Kier alpha value is 0.360. The fourth-order valence-corrected chi connectivity index (χ4v) is 1.78. The molecule has 0 unspecified atom stereocenters. The van der Waals surface area contributed by atoms with E-state index in [9.17, 15) is 4.79 Å². The third kappa shape index (κ3) is 2.21. The molecule has 1 aliphatic heterocycles. The van der Waals surface area contributed by atoms with E-state index < -0.39 is 0 Å². The molecule has 0 radical (unpaired) electrons. The standard InChI is InChI=1S/C6H10INO/c7-6(9)5-1-3-8-4-2-5/h5,8H,1-4H2/p+1. The van der Waals surface area contributed by atoms with Crippen molar-refractivity contribution in [3.63, 3.8) is 0 Å². The van der Waals surface area contributed by atoms with Crippen molar-refractivity contribution in [3.8, 4) is 0 Å². The number of carbonyl (C=O) groups excluding carboxylic acids is 1. The Labute approximate surface area is 68.5 Å². The number of carbonyl (C=O) groups is 1. The zero-order valence-electron chi connectivity index (χ0n) is 5.27. The summed E-state index contributed by atoms with van der Waals surface area (Å²) in [5, 5.41) is 2.27. The van der Waals surface area contributed by atoms with Gasteiger partial charge in [-0.25, -0.2) is 0 Å². The summed E-state index contributed by atoms with van der Waals surface area (Å²) < 4.78 is 0.348. The molecular formula is C6H11INO+. The van der Waals surface area contributed by atoms with Crippen LogP contribution in [0.2, 0.25) is 0 Å². The Bertz CT molecular complexity index is 110. The van der Waals surface area contributed by atoms with E-state index in [1.165, 1.54) is 0 Å². The SMILES string of the molecule is O=C(I)C1CC[NH2+]CC1. The van der Waals surface area contributed by atoms with Crippen molar-refractivity contribution in [1.82, 2.24) is 0 Å². The smallest absolute Gasteiger partial charge is 0.195 e. The predicted molar refractivity (Wildman–Crippen MR) is 43.4 cm³/mol. The fraction of sp³-hybridized carbons (Fsp3) is 0.833. The molecule has 2 nitrogen and oxygen atoms in total. The lowest BCUT2D eigenvalue weighted by molar-refractivity contribution is -0.663. The van der Waals surface area contributed by atoms with Crippen LogP contribution in [0.3, 0.4) is 0 Å². The molecule has 1 aliphatic rings. The van der Waals surface area contributed by atoms with E-state index in [0.717, 1.165) is 25.9 Å². The topological polar surface area (TPSA) is 33.7 Å². The highest BCUT2D eigenvalue weighted by Crippen LogP contribution is 2.13. The predicted octanol–water partition coefficient (Wildman–Crippen LogP) is -0.0786. The van der Waals surface area contributed by atoms with Gasteiger partial charge in [-0.1, -0.05) is 0 Å². The Morgan fingerprint density at radius 2 is 2.00 bits per heavy atom. The summed E-state index contributed by atoms with van der Waals surface area (Å²) >= 11 is 1.91. The second-order valence-electron chi connectivity index (χ2n) is 2.44. The number of piperidine rings is 1. The first-order chi connectivity index (χ1) is 4.30. The molecule has 3 heteroatoms. The van der Waals surface area contributed by atoms with Crippen LogP contribution in [-0.2, 0) is 4.79 Å². The normalized spacial score (nSPS) is 21.9. The van der Waals surface area contributed by atoms with Gasteiger partial charge < -0.3 is 5.32 Å². The zero-order chi connectivity index (χ0) is 6.69. The lowest BCUT2D eigenvalue weighted by Crippen LogP contribution is -2.86. The van der Waals surface area contributed by atoms with Gasteiger partial charge in [0, 0.05) is 18.8 Å². The molecule has 9 heavy (non-hydrogen) atoms. The monoisotopic (exact) mass is 240 g/mol. The lowest BCUT2D eigenvalue weighted by Gasteiger charge is -2.15. The van der Waals surface area contributed by atoms with E-state index in [-0.39, 0.29) is 0 Å². The van der Waals surface area contributed by atoms with Crippen LogP contribution in [0.5, 0.6) is 0 Å². The average Bonchev–Trinajstić information content (AvgIpc) is 1.90. The van der Waals surface area contributed by atoms with Crippen molar-refractivity contribution in [2.24, 2.45) is 5.92 Å². The first-order valence-electron chi connectivity index (χ1n) is 3.31. The van der Waals surface area contributed by atoms with Gasteiger partial charge in [0.1, 0.15) is 0 Å². The van der Waals surface area contributed by atoms with Crippen LogP contribution in [0.4, 0.5) is 0 Å². The average molecular weight is 240 g/mol. The van der Waals surface area contributed by atoms with Gasteiger partial charge in [0.15, 0.2) is 3.79 Å². The van der Waals surface area contributed by atoms with Crippen molar-refractivity contribution < 1.29 is 10.1 Å². The Kier molecular flexibility index (Phi) is 2.91. The van der Waals surface area contributed by atoms with E-state index >= 15 is 0 Å². The summed E-state index contributed by atoms with van der Waals surface area (Å²) in [4.78, 5) is 10.8. The number of hydrogen-bond donors (Lipinski definition) is 1. The molecule has 0 bridgehead atoms. The molecule has 0 aromatic rings. The molecule has 0 atom stereocenters. The highest BCUT2D eigenvalue weighted by Gasteiger charge is 2.19. The van der Waals surface area contributed by atoms with E-state index in [4.69, 9.17) is 0 Å². The highest BCUT2D eigenvalue weighted by atomic mass is 127. The first kappa shape index (κ1) is 7.47. The minimum atomic E-state index is 0.348. The molecule has 0 aliphatic carbocycles. The van der Waals surface area contributed by atoms with E-state index in [0.29, 0.717) is 9.71 Å². The second kappa shape index (κ2) is 3.51. The molecule has 1 rings (SSSR count). The largest absolute Gasteiger partial charge is 0.346 e. The van der Waals surface area contributed by atoms with Crippen LogP contribution in [0.25, 0.3) is 0 Å². The van der Waals surface area contributed by atoms with Gasteiger partial charge in [0.2, 0.25) is 0 Å². The van der Waals surface area contributed by atoms with Crippen molar-refractivity contribution in [1.29, 1.82) is 0 Å². The Balaban J connectivity index is 2.31. The van der Waals surface area contributed by atoms with Crippen LogP contribution >= 0.6 is 22.6 Å². The van der Waals surface area contributed by atoms with Crippen molar-refractivity contribution >= 4 is 26.4 Å². The van der Waals surface area contributed by atoms with Crippen molar-refractivity contribution in [3.05, 3.63) is 0 Å². The van der Waals surface area contributed by atoms with Crippen LogP contribution in [-0.4, -0.2) is 16.9 Å². The minimum absolute atomic E-state index is 0.348. The minimum Gasteiger partial charge on any atom is -0.346 e. The summed E-state index contributed by atoms with van der Waals surface area (Å²) in [6.07, 6.45) is 2.17. The second-order valence-corrected chi connectivity index (χ2v) is 3.51. The molecule has 0 saturated carbocycles. The van der Waals surface area contributed by atoms with Crippen LogP contribution in [0.1, 0.15) is 12.8 Å². The first-order valence-corrected chi connectivity index (χ1v) is 4.39. The highest BCUT2D eigenvalue weighted by molar-refractivity contribution is 14.1. The third-order valence-corrected chi connectivity index (χ3v) is 2.64. The maximum absolute atomic E-state index is 10.8. The quantitative estimate of drug-likeness (QED) is 0.505. The molecule has 1 saturated heterocycles. The molecule has 0 aromatic heterocycles. The molecule has 0 spiro atoms. The maximum atomic E-state index is 10.8. The summed E-state index contributed by atoms with van der Waals surface area (Å²) in [7, 11) is 0. The zero-order valence-corrected chi connectivity index (χ0v) is 7.43. The molecule has 0 aromatic carbocycles. The van der Waals surface area contributed by atoms with Gasteiger partial charge in [-0.05, 0) is 22.6 Å². The van der Waals surface area contributed by atoms with E-state index in [1.54, 1.807) is 0 Å².